The van der Waals surface area contributed by atoms with Crippen LogP contribution in [0.1, 0.15) is 43.4 Å². The SMILES string of the molecule is CC(C)c1ccc(C(N)CC(=O)[O-])cc1. The van der Waals surface area contributed by atoms with E-state index in [9.17, 15) is 9.90 Å². The third-order valence-corrected chi connectivity index (χ3v) is 2.42. The summed E-state index contributed by atoms with van der Waals surface area (Å²) in [5.41, 5.74) is 7.76. The highest BCUT2D eigenvalue weighted by atomic mass is 16.4. The van der Waals surface area contributed by atoms with Crippen LogP contribution in [0.4, 0.5) is 0 Å². The Kier molecular flexibility index (Phi) is 3.86. The summed E-state index contributed by atoms with van der Waals surface area (Å²) in [6.07, 6.45) is -0.138. The summed E-state index contributed by atoms with van der Waals surface area (Å²) < 4.78 is 0. The Morgan fingerprint density at radius 1 is 1.27 bits per heavy atom. The van der Waals surface area contributed by atoms with Crippen LogP contribution in [0.3, 0.4) is 0 Å². The molecule has 0 aliphatic heterocycles. The molecule has 0 saturated carbocycles. The molecule has 1 atom stereocenters. The maximum Gasteiger partial charge on any atom is 0.0433 e. The summed E-state index contributed by atoms with van der Waals surface area (Å²) in [6, 6.07) is 7.24. The highest BCUT2D eigenvalue weighted by Crippen LogP contribution is 2.18. The molecule has 82 valence electrons. The maximum atomic E-state index is 10.4. The predicted octanol–water partition coefficient (Wildman–Crippen LogP) is 0.950. The lowest BCUT2D eigenvalue weighted by atomic mass is 9.98. The average molecular weight is 206 g/mol. The fourth-order valence-electron chi connectivity index (χ4n) is 1.43. The van der Waals surface area contributed by atoms with Gasteiger partial charge >= 0.3 is 0 Å². The zero-order valence-corrected chi connectivity index (χ0v) is 9.07. The quantitative estimate of drug-likeness (QED) is 0.797. The number of carboxylic acid groups (broad SMARTS) is 1. The van der Waals surface area contributed by atoms with Gasteiger partial charge in [-0.25, -0.2) is 0 Å². The lowest BCUT2D eigenvalue weighted by Crippen LogP contribution is -2.27. The molecule has 0 amide bonds. The maximum absolute atomic E-state index is 10.4. The molecule has 0 aromatic heterocycles. The number of hydrogen-bond acceptors (Lipinski definition) is 3. The molecule has 3 nitrogen and oxygen atoms in total. The van der Waals surface area contributed by atoms with Gasteiger partial charge in [-0.15, -0.1) is 0 Å². The van der Waals surface area contributed by atoms with Gasteiger partial charge in [0.1, 0.15) is 0 Å². The minimum absolute atomic E-state index is 0.138. The van der Waals surface area contributed by atoms with Gasteiger partial charge in [0.2, 0.25) is 0 Å². The van der Waals surface area contributed by atoms with E-state index in [0.29, 0.717) is 5.92 Å². The first-order valence-corrected chi connectivity index (χ1v) is 5.06. The van der Waals surface area contributed by atoms with Gasteiger partial charge in [-0.3, -0.25) is 0 Å². The number of aliphatic carboxylic acids is 1. The smallest absolute Gasteiger partial charge is 0.0433 e. The van der Waals surface area contributed by atoms with Gasteiger partial charge in [0.15, 0.2) is 0 Å². The molecule has 1 aromatic carbocycles. The molecule has 1 aromatic rings. The number of hydrogen-bond donors (Lipinski definition) is 1. The van der Waals surface area contributed by atoms with Gasteiger partial charge in [-0.05, 0) is 17.0 Å². The van der Waals surface area contributed by atoms with Crippen LogP contribution < -0.4 is 10.8 Å². The minimum atomic E-state index is -1.12. The molecule has 0 spiro atoms. The summed E-state index contributed by atoms with van der Waals surface area (Å²) in [4.78, 5) is 10.4. The third kappa shape index (κ3) is 3.36. The van der Waals surface area contributed by atoms with Crippen LogP contribution in [0.2, 0.25) is 0 Å². The predicted molar refractivity (Wildman–Crippen MR) is 57.1 cm³/mol. The van der Waals surface area contributed by atoms with Gasteiger partial charge in [-0.1, -0.05) is 38.1 Å². The molecule has 0 saturated heterocycles. The van der Waals surface area contributed by atoms with Crippen LogP contribution >= 0.6 is 0 Å². The van der Waals surface area contributed by atoms with Crippen molar-refractivity contribution in [3.8, 4) is 0 Å². The summed E-state index contributed by atoms with van der Waals surface area (Å²) in [5, 5.41) is 10.4. The monoisotopic (exact) mass is 206 g/mol. The highest BCUT2D eigenvalue weighted by Gasteiger charge is 2.06. The lowest BCUT2D eigenvalue weighted by molar-refractivity contribution is -0.306. The van der Waals surface area contributed by atoms with E-state index in [2.05, 4.69) is 13.8 Å². The molecule has 0 aliphatic carbocycles. The standard InChI is InChI=1S/C12H17NO2/c1-8(2)9-3-5-10(6-4-9)11(13)7-12(14)15/h3-6,8,11H,7,13H2,1-2H3,(H,14,15)/p-1. The summed E-state index contributed by atoms with van der Waals surface area (Å²) in [7, 11) is 0. The third-order valence-electron chi connectivity index (χ3n) is 2.42. The van der Waals surface area contributed by atoms with Crippen molar-refractivity contribution < 1.29 is 9.90 Å². The van der Waals surface area contributed by atoms with Gasteiger partial charge in [0, 0.05) is 18.4 Å². The molecule has 1 unspecified atom stereocenters. The number of carbonyl (C=O) groups excluding carboxylic acids is 1. The first kappa shape index (κ1) is 11.7. The Labute approximate surface area is 89.9 Å². The average Bonchev–Trinajstić information content (AvgIpc) is 2.17. The number of benzene rings is 1. The first-order valence-electron chi connectivity index (χ1n) is 5.06. The Balaban J connectivity index is 2.75. The Morgan fingerprint density at radius 2 is 1.73 bits per heavy atom. The fourth-order valence-corrected chi connectivity index (χ4v) is 1.43. The van der Waals surface area contributed by atoms with E-state index in [0.717, 1.165) is 5.56 Å². The van der Waals surface area contributed by atoms with Crippen LogP contribution in [0.25, 0.3) is 0 Å². The second-order valence-corrected chi connectivity index (χ2v) is 4.00. The van der Waals surface area contributed by atoms with Crippen molar-refractivity contribution in [2.24, 2.45) is 5.73 Å². The van der Waals surface area contributed by atoms with Crippen molar-refractivity contribution in [3.63, 3.8) is 0 Å². The Morgan fingerprint density at radius 3 is 2.13 bits per heavy atom. The van der Waals surface area contributed by atoms with Crippen molar-refractivity contribution in [2.75, 3.05) is 0 Å². The summed E-state index contributed by atoms with van der Waals surface area (Å²) in [6.45, 7) is 4.21. The number of rotatable bonds is 4. The molecular weight excluding hydrogens is 190 g/mol. The zero-order chi connectivity index (χ0) is 11.4. The summed E-state index contributed by atoms with van der Waals surface area (Å²) in [5.74, 6) is -0.646. The van der Waals surface area contributed by atoms with Crippen LogP contribution in [0.5, 0.6) is 0 Å². The molecule has 0 heterocycles. The van der Waals surface area contributed by atoms with Gasteiger partial charge in [-0.2, -0.15) is 0 Å². The second-order valence-electron chi connectivity index (χ2n) is 4.00. The lowest BCUT2D eigenvalue weighted by Gasteiger charge is -2.13. The number of carboxylic acids is 1. The van der Waals surface area contributed by atoms with E-state index in [4.69, 9.17) is 5.73 Å². The van der Waals surface area contributed by atoms with E-state index >= 15 is 0 Å². The van der Waals surface area contributed by atoms with E-state index in [-0.39, 0.29) is 6.42 Å². The van der Waals surface area contributed by atoms with Crippen LogP contribution in [0, 0.1) is 0 Å². The van der Waals surface area contributed by atoms with E-state index < -0.39 is 12.0 Å². The topological polar surface area (TPSA) is 66.2 Å². The molecule has 0 aliphatic rings. The molecule has 15 heavy (non-hydrogen) atoms. The van der Waals surface area contributed by atoms with Crippen LogP contribution in [-0.2, 0) is 4.79 Å². The van der Waals surface area contributed by atoms with Crippen molar-refractivity contribution in [3.05, 3.63) is 35.4 Å². The molecule has 0 fully saturated rings. The van der Waals surface area contributed by atoms with Crippen molar-refractivity contribution in [1.82, 2.24) is 0 Å². The van der Waals surface area contributed by atoms with E-state index in [1.165, 1.54) is 5.56 Å². The van der Waals surface area contributed by atoms with Crippen LogP contribution in [-0.4, -0.2) is 5.97 Å². The second kappa shape index (κ2) is 4.94. The van der Waals surface area contributed by atoms with Gasteiger partial charge in [0.05, 0.1) is 0 Å². The highest BCUT2D eigenvalue weighted by molar-refractivity contribution is 5.65. The Bertz CT molecular complexity index is 330. The number of nitrogens with two attached hydrogens (primary N) is 1. The van der Waals surface area contributed by atoms with E-state index in [1.807, 2.05) is 24.3 Å². The molecule has 0 radical (unpaired) electrons. The molecule has 0 bridgehead atoms. The van der Waals surface area contributed by atoms with Gasteiger partial charge < -0.3 is 15.6 Å². The molecule has 1 rings (SSSR count). The van der Waals surface area contributed by atoms with E-state index in [1.54, 1.807) is 0 Å². The molecule has 3 heteroatoms. The van der Waals surface area contributed by atoms with Crippen LogP contribution in [0.15, 0.2) is 24.3 Å². The van der Waals surface area contributed by atoms with Gasteiger partial charge in [0.25, 0.3) is 0 Å². The largest absolute Gasteiger partial charge is 0.550 e. The zero-order valence-electron chi connectivity index (χ0n) is 9.07. The first-order chi connectivity index (χ1) is 7.00. The molecule has 2 N–H and O–H groups in total. The Hall–Kier alpha value is -1.35. The van der Waals surface area contributed by atoms with Crippen molar-refractivity contribution >= 4 is 5.97 Å². The minimum Gasteiger partial charge on any atom is -0.550 e. The molecular formula is C12H16NO2-. The van der Waals surface area contributed by atoms with Crippen molar-refractivity contribution in [1.29, 1.82) is 0 Å². The van der Waals surface area contributed by atoms with Crippen molar-refractivity contribution in [2.45, 2.75) is 32.2 Å². The fraction of sp³-hybridized carbons (Fsp3) is 0.417. The summed E-state index contributed by atoms with van der Waals surface area (Å²) >= 11 is 0. The normalized spacial score (nSPS) is 12.8. The number of carbonyl (C=O) groups is 1.